The molecule has 0 spiro atoms. The van der Waals surface area contributed by atoms with Gasteiger partial charge in [-0.1, -0.05) is 57.9 Å². The van der Waals surface area contributed by atoms with Crippen LogP contribution >= 0.6 is 15.9 Å². The number of aryl methyl sites for hydroxylation is 1. The molecule has 142 valence electrons. The number of nitrogens with one attached hydrogen (secondary N) is 1. The minimum absolute atomic E-state index is 0.0217. The number of nitro benzene ring substituents is 1. The molecule has 5 nitrogen and oxygen atoms in total. The maximum absolute atomic E-state index is 12.8. The molecule has 0 bridgehead atoms. The van der Waals surface area contributed by atoms with E-state index in [1.54, 1.807) is 24.3 Å². The molecule has 0 aromatic heterocycles. The lowest BCUT2D eigenvalue weighted by molar-refractivity contribution is -0.384. The maximum Gasteiger partial charge on any atom is 0.269 e. The summed E-state index contributed by atoms with van der Waals surface area (Å²) in [6.45, 7) is 2.00. The van der Waals surface area contributed by atoms with Crippen LogP contribution in [0.2, 0.25) is 0 Å². The summed E-state index contributed by atoms with van der Waals surface area (Å²) in [5.41, 5.74) is 3.49. The van der Waals surface area contributed by atoms with Crippen LogP contribution in [0.1, 0.15) is 33.9 Å². The second-order valence-corrected chi connectivity index (χ2v) is 7.46. The van der Waals surface area contributed by atoms with Gasteiger partial charge in [0.25, 0.3) is 5.69 Å². The smallest absolute Gasteiger partial charge is 0.269 e. The molecule has 1 unspecified atom stereocenters. The second kappa shape index (κ2) is 8.80. The van der Waals surface area contributed by atoms with Crippen LogP contribution in [0.25, 0.3) is 0 Å². The predicted molar refractivity (Wildman–Crippen MR) is 114 cm³/mol. The van der Waals surface area contributed by atoms with Crippen LogP contribution in [0.15, 0.2) is 77.3 Å². The number of rotatable bonds is 7. The van der Waals surface area contributed by atoms with Gasteiger partial charge in [-0.25, -0.2) is 0 Å². The quantitative estimate of drug-likeness (QED) is 0.275. The van der Waals surface area contributed by atoms with E-state index in [0.29, 0.717) is 5.56 Å². The molecule has 3 rings (SSSR count). The average molecular weight is 439 g/mol. The zero-order chi connectivity index (χ0) is 20.1. The third-order valence-corrected chi connectivity index (χ3v) is 4.95. The monoisotopic (exact) mass is 438 g/mol. The first kappa shape index (κ1) is 19.8. The molecule has 1 atom stereocenters. The van der Waals surface area contributed by atoms with Crippen LogP contribution in [0.3, 0.4) is 0 Å². The van der Waals surface area contributed by atoms with Gasteiger partial charge in [-0.15, -0.1) is 0 Å². The largest absolute Gasteiger partial charge is 0.378 e. The van der Waals surface area contributed by atoms with Crippen LogP contribution < -0.4 is 5.32 Å². The molecule has 6 heteroatoms. The number of Topliss-reactive ketones (excluding diaryl/α,β-unsaturated/α-hetero) is 1. The molecule has 0 fully saturated rings. The van der Waals surface area contributed by atoms with Crippen molar-refractivity contribution < 1.29 is 9.72 Å². The van der Waals surface area contributed by atoms with Gasteiger partial charge in [-0.3, -0.25) is 14.9 Å². The van der Waals surface area contributed by atoms with E-state index in [0.717, 1.165) is 21.3 Å². The number of ketones is 1. The van der Waals surface area contributed by atoms with Crippen LogP contribution in [-0.2, 0) is 0 Å². The first-order valence-corrected chi connectivity index (χ1v) is 9.58. The number of halogens is 1. The lowest BCUT2D eigenvalue weighted by Crippen LogP contribution is -2.16. The molecular formula is C22H19BrN2O3. The summed E-state index contributed by atoms with van der Waals surface area (Å²) in [6, 6.07) is 21.2. The summed E-state index contributed by atoms with van der Waals surface area (Å²) in [6.07, 6.45) is 0.266. The zero-order valence-corrected chi connectivity index (χ0v) is 16.8. The first-order valence-electron chi connectivity index (χ1n) is 8.79. The Morgan fingerprint density at radius 2 is 1.75 bits per heavy atom. The standard InChI is InChI=1S/C22H19BrN2O3/c1-15-3-2-4-17(13-15)21(14-22(26)16-5-7-18(23)8-6-16)24-19-9-11-20(12-10-19)25(27)28/h2-13,21,24H,14H2,1H3. The van der Waals surface area contributed by atoms with Gasteiger partial charge >= 0.3 is 0 Å². The Bertz CT molecular complexity index is 985. The highest BCUT2D eigenvalue weighted by Gasteiger charge is 2.18. The van der Waals surface area contributed by atoms with Crippen molar-refractivity contribution in [1.29, 1.82) is 0 Å². The number of carbonyl (C=O) groups is 1. The Morgan fingerprint density at radius 1 is 1.07 bits per heavy atom. The van der Waals surface area contributed by atoms with Crippen molar-refractivity contribution in [3.05, 3.63) is 104 Å². The first-order chi connectivity index (χ1) is 13.4. The number of benzene rings is 3. The molecular weight excluding hydrogens is 420 g/mol. The molecule has 0 aliphatic heterocycles. The third-order valence-electron chi connectivity index (χ3n) is 4.42. The van der Waals surface area contributed by atoms with Crippen molar-refractivity contribution in [2.75, 3.05) is 5.32 Å². The number of hydrogen-bond donors (Lipinski definition) is 1. The van der Waals surface area contributed by atoms with Crippen molar-refractivity contribution in [3.8, 4) is 0 Å². The lowest BCUT2D eigenvalue weighted by atomic mass is 9.96. The lowest BCUT2D eigenvalue weighted by Gasteiger charge is -2.20. The second-order valence-electron chi connectivity index (χ2n) is 6.55. The molecule has 3 aromatic carbocycles. The van der Waals surface area contributed by atoms with Gasteiger partial charge < -0.3 is 5.32 Å². The summed E-state index contributed by atoms with van der Waals surface area (Å²) in [5, 5.41) is 14.2. The van der Waals surface area contributed by atoms with Crippen LogP contribution in [-0.4, -0.2) is 10.7 Å². The number of nitrogens with zero attached hydrogens (tertiary/aromatic N) is 1. The maximum atomic E-state index is 12.8. The van der Waals surface area contributed by atoms with Gasteiger partial charge in [0.05, 0.1) is 11.0 Å². The van der Waals surface area contributed by atoms with E-state index < -0.39 is 4.92 Å². The fraction of sp³-hybridized carbons (Fsp3) is 0.136. The van der Waals surface area contributed by atoms with Crippen molar-refractivity contribution in [2.24, 2.45) is 0 Å². The van der Waals surface area contributed by atoms with E-state index in [-0.39, 0.29) is 23.9 Å². The van der Waals surface area contributed by atoms with E-state index in [1.807, 2.05) is 43.3 Å². The molecule has 0 saturated heterocycles. The Hall–Kier alpha value is -2.99. The highest BCUT2D eigenvalue weighted by atomic mass is 79.9. The van der Waals surface area contributed by atoms with E-state index in [9.17, 15) is 14.9 Å². The van der Waals surface area contributed by atoms with Gasteiger partial charge in [0, 0.05) is 34.3 Å². The molecule has 0 saturated carbocycles. The summed E-state index contributed by atoms with van der Waals surface area (Å²) < 4.78 is 0.920. The molecule has 0 aliphatic carbocycles. The molecule has 3 aromatic rings. The van der Waals surface area contributed by atoms with E-state index in [4.69, 9.17) is 0 Å². The third kappa shape index (κ3) is 5.04. The Balaban J connectivity index is 1.85. The topological polar surface area (TPSA) is 72.2 Å². The number of anilines is 1. The van der Waals surface area contributed by atoms with Crippen molar-refractivity contribution >= 4 is 33.1 Å². The zero-order valence-electron chi connectivity index (χ0n) is 15.3. The summed E-state index contributed by atoms with van der Waals surface area (Å²) in [7, 11) is 0. The fourth-order valence-electron chi connectivity index (χ4n) is 2.96. The van der Waals surface area contributed by atoms with Gasteiger partial charge in [0.2, 0.25) is 0 Å². The normalized spacial score (nSPS) is 11.6. The highest BCUT2D eigenvalue weighted by molar-refractivity contribution is 9.10. The van der Waals surface area contributed by atoms with Gasteiger partial charge in [0.1, 0.15) is 0 Å². The number of nitro groups is 1. The summed E-state index contributed by atoms with van der Waals surface area (Å²) >= 11 is 3.38. The van der Waals surface area contributed by atoms with Crippen molar-refractivity contribution in [2.45, 2.75) is 19.4 Å². The molecule has 1 N–H and O–H groups in total. The minimum atomic E-state index is -0.432. The Labute approximate surface area is 171 Å². The SMILES string of the molecule is Cc1cccc(C(CC(=O)c2ccc(Br)cc2)Nc2ccc([N+](=O)[O-])cc2)c1. The predicted octanol–water partition coefficient (Wildman–Crippen LogP) is 6.09. The van der Waals surface area contributed by atoms with Crippen LogP contribution in [0.4, 0.5) is 11.4 Å². The van der Waals surface area contributed by atoms with Gasteiger partial charge in [-0.2, -0.15) is 0 Å². The molecule has 0 aliphatic rings. The highest BCUT2D eigenvalue weighted by Crippen LogP contribution is 2.27. The van der Waals surface area contributed by atoms with E-state index in [1.165, 1.54) is 12.1 Å². The van der Waals surface area contributed by atoms with Gasteiger partial charge in [-0.05, 0) is 36.8 Å². The number of carbonyl (C=O) groups excluding carboxylic acids is 1. The van der Waals surface area contributed by atoms with Crippen LogP contribution in [0, 0.1) is 17.0 Å². The molecule has 0 radical (unpaired) electrons. The molecule has 28 heavy (non-hydrogen) atoms. The average Bonchev–Trinajstić information content (AvgIpc) is 2.68. The fourth-order valence-corrected chi connectivity index (χ4v) is 3.22. The van der Waals surface area contributed by atoms with Crippen LogP contribution in [0.5, 0.6) is 0 Å². The van der Waals surface area contributed by atoms with E-state index >= 15 is 0 Å². The van der Waals surface area contributed by atoms with E-state index in [2.05, 4.69) is 21.2 Å². The summed E-state index contributed by atoms with van der Waals surface area (Å²) in [5.74, 6) is 0.0217. The number of hydrogen-bond acceptors (Lipinski definition) is 4. The van der Waals surface area contributed by atoms with Crippen molar-refractivity contribution in [1.82, 2.24) is 0 Å². The summed E-state index contributed by atoms with van der Waals surface area (Å²) in [4.78, 5) is 23.2. The number of non-ortho nitro benzene ring substituents is 1. The van der Waals surface area contributed by atoms with Gasteiger partial charge in [0.15, 0.2) is 5.78 Å². The van der Waals surface area contributed by atoms with Crippen molar-refractivity contribution in [3.63, 3.8) is 0 Å². The Morgan fingerprint density at radius 3 is 2.36 bits per heavy atom. The Kier molecular flexibility index (Phi) is 6.21. The molecule has 0 amide bonds. The minimum Gasteiger partial charge on any atom is -0.378 e. The molecule has 0 heterocycles.